The summed E-state index contributed by atoms with van der Waals surface area (Å²) < 4.78 is 0.624. The highest BCUT2D eigenvalue weighted by Crippen LogP contribution is 2.28. The van der Waals surface area contributed by atoms with Gasteiger partial charge >= 0.3 is 5.97 Å². The van der Waals surface area contributed by atoms with Gasteiger partial charge in [0.25, 0.3) is 0 Å². The second-order valence-electron chi connectivity index (χ2n) is 3.37. The predicted molar refractivity (Wildman–Crippen MR) is 65.9 cm³/mol. The van der Waals surface area contributed by atoms with Crippen LogP contribution in [0, 0.1) is 0 Å². The number of hydrogen-bond acceptors (Lipinski definition) is 4. The number of carbonyl (C=O) groups is 1. The highest BCUT2D eigenvalue weighted by molar-refractivity contribution is 9.10. The molecule has 0 aliphatic heterocycles. The third-order valence-corrected chi connectivity index (χ3v) is 3.77. The monoisotopic (exact) mass is 305 g/mol. The summed E-state index contributed by atoms with van der Waals surface area (Å²) in [6, 6.07) is 1.51. The Labute approximate surface area is 106 Å². The molecule has 2 N–H and O–H groups in total. The molecule has 0 bridgehead atoms. The summed E-state index contributed by atoms with van der Waals surface area (Å²) in [5, 5.41) is 18.7. The first-order chi connectivity index (χ1) is 7.41. The van der Waals surface area contributed by atoms with Gasteiger partial charge in [0.05, 0.1) is 11.7 Å². The topological polar surface area (TPSA) is 70.4 Å². The molecule has 0 spiro atoms. The number of nitrogens with zero attached hydrogens (tertiary/aromatic N) is 1. The van der Waals surface area contributed by atoms with Crippen LogP contribution >= 0.6 is 27.7 Å². The summed E-state index contributed by atoms with van der Waals surface area (Å²) in [6.07, 6.45) is 1.03. The van der Waals surface area contributed by atoms with Gasteiger partial charge in [0.1, 0.15) is 5.03 Å². The number of carboxylic acids is 1. The molecule has 0 aliphatic carbocycles. The van der Waals surface area contributed by atoms with Gasteiger partial charge < -0.3 is 10.2 Å². The number of rotatable bonds is 4. The van der Waals surface area contributed by atoms with Gasteiger partial charge in [-0.25, -0.2) is 9.78 Å². The Kier molecular flexibility index (Phi) is 4.76. The third kappa shape index (κ3) is 3.47. The van der Waals surface area contributed by atoms with Gasteiger partial charge in [-0.15, -0.1) is 0 Å². The second kappa shape index (κ2) is 5.65. The molecule has 2 unspecified atom stereocenters. The van der Waals surface area contributed by atoms with Crippen molar-refractivity contribution in [3.63, 3.8) is 0 Å². The Morgan fingerprint density at radius 3 is 2.69 bits per heavy atom. The molecular formula is C10H12BrNO3S. The Morgan fingerprint density at radius 2 is 2.19 bits per heavy atom. The number of halogens is 1. The first-order valence-electron chi connectivity index (χ1n) is 4.65. The molecule has 1 aromatic heterocycles. The zero-order valence-corrected chi connectivity index (χ0v) is 11.2. The van der Waals surface area contributed by atoms with Gasteiger partial charge in [-0.2, -0.15) is 0 Å². The quantitative estimate of drug-likeness (QED) is 0.836. The van der Waals surface area contributed by atoms with Crippen molar-refractivity contribution in [1.29, 1.82) is 0 Å². The molecule has 0 radical (unpaired) electrons. The van der Waals surface area contributed by atoms with Crippen molar-refractivity contribution in [3.05, 3.63) is 22.3 Å². The first kappa shape index (κ1) is 13.5. The van der Waals surface area contributed by atoms with Crippen molar-refractivity contribution in [2.45, 2.75) is 30.2 Å². The Hall–Kier alpha value is -0.590. The van der Waals surface area contributed by atoms with Gasteiger partial charge in [-0.1, -0.05) is 18.7 Å². The summed E-state index contributed by atoms with van der Waals surface area (Å²) in [7, 11) is 0. The number of hydrogen-bond donors (Lipinski definition) is 2. The lowest BCUT2D eigenvalue weighted by Crippen LogP contribution is -2.16. The van der Waals surface area contributed by atoms with Crippen molar-refractivity contribution in [3.8, 4) is 0 Å². The molecule has 0 aromatic carbocycles. The van der Waals surface area contributed by atoms with Crippen LogP contribution in [0.2, 0.25) is 0 Å². The largest absolute Gasteiger partial charge is 0.478 e. The molecule has 4 nitrogen and oxygen atoms in total. The molecule has 0 saturated heterocycles. The Balaban J connectivity index is 2.99. The number of carboxylic acid groups (broad SMARTS) is 1. The van der Waals surface area contributed by atoms with E-state index in [0.29, 0.717) is 9.50 Å². The SMILES string of the molecule is CC(O)C(C)Sc1ncc(Br)cc1C(=O)O. The molecule has 2 atom stereocenters. The van der Waals surface area contributed by atoms with E-state index in [9.17, 15) is 9.90 Å². The maximum atomic E-state index is 11.0. The number of aromatic nitrogens is 1. The normalized spacial score (nSPS) is 14.5. The highest BCUT2D eigenvalue weighted by atomic mass is 79.9. The van der Waals surface area contributed by atoms with Crippen LogP contribution in [0.15, 0.2) is 21.8 Å². The van der Waals surface area contributed by atoms with E-state index in [1.54, 1.807) is 13.1 Å². The third-order valence-electron chi connectivity index (χ3n) is 2.03. The summed E-state index contributed by atoms with van der Waals surface area (Å²) in [4.78, 5) is 15.0. The van der Waals surface area contributed by atoms with Crippen LogP contribution in [0.3, 0.4) is 0 Å². The molecule has 0 fully saturated rings. The number of aliphatic hydroxyl groups excluding tert-OH is 1. The fourth-order valence-electron chi connectivity index (χ4n) is 0.948. The minimum Gasteiger partial charge on any atom is -0.478 e. The van der Waals surface area contributed by atoms with Crippen LogP contribution in [-0.4, -0.2) is 32.5 Å². The smallest absolute Gasteiger partial charge is 0.338 e. The molecule has 16 heavy (non-hydrogen) atoms. The molecule has 1 heterocycles. The zero-order valence-electron chi connectivity index (χ0n) is 8.85. The Morgan fingerprint density at radius 1 is 1.56 bits per heavy atom. The van der Waals surface area contributed by atoms with E-state index in [1.807, 2.05) is 6.92 Å². The molecular weight excluding hydrogens is 294 g/mol. The average Bonchev–Trinajstić information content (AvgIpc) is 2.20. The molecule has 1 aromatic rings. The van der Waals surface area contributed by atoms with E-state index < -0.39 is 12.1 Å². The first-order valence-corrected chi connectivity index (χ1v) is 6.32. The van der Waals surface area contributed by atoms with Crippen LogP contribution in [0.25, 0.3) is 0 Å². The van der Waals surface area contributed by atoms with Crippen LogP contribution in [0.1, 0.15) is 24.2 Å². The Bertz CT molecular complexity index is 398. The van der Waals surface area contributed by atoms with Gasteiger partial charge in [0.2, 0.25) is 0 Å². The summed E-state index contributed by atoms with van der Waals surface area (Å²) in [5.74, 6) is -1.02. The number of aliphatic hydroxyl groups is 1. The van der Waals surface area contributed by atoms with Gasteiger partial charge in [-0.05, 0) is 28.9 Å². The summed E-state index contributed by atoms with van der Waals surface area (Å²) in [5.41, 5.74) is 0.145. The van der Waals surface area contributed by atoms with Crippen LogP contribution in [0.4, 0.5) is 0 Å². The minimum absolute atomic E-state index is 0.105. The number of aromatic carboxylic acids is 1. The summed E-state index contributed by atoms with van der Waals surface area (Å²) in [6.45, 7) is 3.49. The fourth-order valence-corrected chi connectivity index (χ4v) is 2.22. The lowest BCUT2D eigenvalue weighted by Gasteiger charge is -2.14. The van der Waals surface area contributed by atoms with Crippen LogP contribution in [-0.2, 0) is 0 Å². The van der Waals surface area contributed by atoms with Crippen molar-refractivity contribution in [2.24, 2.45) is 0 Å². The van der Waals surface area contributed by atoms with Gasteiger partial charge in [-0.3, -0.25) is 0 Å². The maximum Gasteiger partial charge on any atom is 0.338 e. The van der Waals surface area contributed by atoms with Gasteiger partial charge in [0.15, 0.2) is 0 Å². The maximum absolute atomic E-state index is 11.0. The molecule has 0 aliphatic rings. The van der Waals surface area contributed by atoms with E-state index in [2.05, 4.69) is 20.9 Å². The van der Waals surface area contributed by atoms with E-state index >= 15 is 0 Å². The molecule has 1 rings (SSSR count). The van der Waals surface area contributed by atoms with Crippen molar-refractivity contribution in [1.82, 2.24) is 4.98 Å². The van der Waals surface area contributed by atoms with Crippen molar-refractivity contribution < 1.29 is 15.0 Å². The average molecular weight is 306 g/mol. The van der Waals surface area contributed by atoms with E-state index in [-0.39, 0.29) is 10.8 Å². The molecule has 0 saturated carbocycles. The lowest BCUT2D eigenvalue weighted by molar-refractivity contribution is 0.0692. The zero-order chi connectivity index (χ0) is 12.3. The van der Waals surface area contributed by atoms with Crippen LogP contribution < -0.4 is 0 Å². The van der Waals surface area contributed by atoms with Crippen molar-refractivity contribution in [2.75, 3.05) is 0 Å². The standard InChI is InChI=1S/C10H12BrNO3S/c1-5(13)6(2)16-9-8(10(14)15)3-7(11)4-12-9/h3-6,13H,1-2H3,(H,14,15). The highest BCUT2D eigenvalue weighted by Gasteiger charge is 2.17. The van der Waals surface area contributed by atoms with Crippen LogP contribution in [0.5, 0.6) is 0 Å². The summed E-state index contributed by atoms with van der Waals surface area (Å²) >= 11 is 4.43. The van der Waals surface area contributed by atoms with Gasteiger partial charge in [0, 0.05) is 15.9 Å². The molecule has 0 amide bonds. The second-order valence-corrected chi connectivity index (χ2v) is 5.66. The van der Waals surface area contributed by atoms with E-state index in [4.69, 9.17) is 5.11 Å². The predicted octanol–water partition coefficient (Wildman–Crippen LogP) is 2.40. The molecule has 88 valence electrons. The molecule has 6 heteroatoms. The van der Waals surface area contributed by atoms with E-state index in [0.717, 1.165) is 0 Å². The lowest BCUT2D eigenvalue weighted by atomic mass is 10.3. The number of pyridine rings is 1. The van der Waals surface area contributed by atoms with E-state index in [1.165, 1.54) is 17.8 Å². The van der Waals surface area contributed by atoms with Crippen molar-refractivity contribution >= 4 is 33.7 Å². The fraction of sp³-hybridized carbons (Fsp3) is 0.400. The minimum atomic E-state index is -1.02. The number of thioether (sulfide) groups is 1.